The van der Waals surface area contributed by atoms with E-state index in [9.17, 15) is 0 Å². The van der Waals surface area contributed by atoms with Crippen molar-refractivity contribution >= 4 is 74.9 Å². The molecule has 0 unspecified atom stereocenters. The Hall–Kier alpha value is -4.17. The molecule has 4 rings (SSSR count). The van der Waals surface area contributed by atoms with Crippen molar-refractivity contribution in [2.45, 2.75) is 6.92 Å². The second kappa shape index (κ2) is 15.2. The van der Waals surface area contributed by atoms with Crippen molar-refractivity contribution < 1.29 is 0 Å². The molecule has 0 aliphatic carbocycles. The Kier molecular flexibility index (Phi) is 11.1. The Morgan fingerprint density at radius 1 is 0.643 bits per heavy atom. The summed E-state index contributed by atoms with van der Waals surface area (Å²) in [5.74, 6) is 0. The number of benzene rings is 4. The molecule has 4 aromatic rings. The van der Waals surface area contributed by atoms with Crippen molar-refractivity contribution in [3.8, 4) is 0 Å². The van der Waals surface area contributed by atoms with Gasteiger partial charge in [0, 0.05) is 25.3 Å². The first-order chi connectivity index (χ1) is 20.5. The molecule has 0 aliphatic heterocycles. The third-order valence-electron chi connectivity index (χ3n) is 6.68. The van der Waals surface area contributed by atoms with Crippen LogP contribution in [0.4, 0.5) is 5.69 Å². The number of nitrogens with zero attached hydrogens (tertiary/aromatic N) is 2. The smallest absolute Gasteiger partial charge is 0.189 e. The van der Waals surface area contributed by atoms with Crippen LogP contribution < -0.4 is 42.7 Å². The van der Waals surface area contributed by atoms with Crippen LogP contribution in [-0.4, -0.2) is 42.0 Å². The van der Waals surface area contributed by atoms with Crippen molar-refractivity contribution in [3.63, 3.8) is 0 Å². The second-order valence-corrected chi connectivity index (χ2v) is 13.6. The molecule has 5 N–H and O–H groups in total. The monoisotopic (exact) mass is 612 g/mol. The highest BCUT2D eigenvalue weighted by Gasteiger charge is 2.45. The van der Waals surface area contributed by atoms with Crippen LogP contribution in [0, 0.1) is 0 Å². The molecule has 0 spiro atoms. The first-order valence-electron chi connectivity index (χ1n) is 13.4. The van der Waals surface area contributed by atoms with Crippen molar-refractivity contribution in [2.24, 2.45) is 10.2 Å². The highest BCUT2D eigenvalue weighted by atomic mass is 32.1. The zero-order valence-corrected chi connectivity index (χ0v) is 26.4. The zero-order valence-electron chi connectivity index (χ0n) is 23.8. The maximum Gasteiger partial charge on any atom is 0.189 e. The highest BCUT2D eigenvalue weighted by Crippen LogP contribution is 2.54. The third kappa shape index (κ3) is 7.56. The van der Waals surface area contributed by atoms with E-state index in [1.54, 1.807) is 7.05 Å². The van der Waals surface area contributed by atoms with Gasteiger partial charge in [0.1, 0.15) is 35.2 Å². The number of nitrogens with one attached hydrogen (secondary N) is 5. The van der Waals surface area contributed by atoms with Crippen LogP contribution in [0.15, 0.2) is 125 Å². The van der Waals surface area contributed by atoms with Crippen LogP contribution >= 0.6 is 31.7 Å². The Balaban J connectivity index is 1.61. The highest BCUT2D eigenvalue weighted by molar-refractivity contribution is 7.95. The molecule has 0 amide bonds. The number of rotatable bonds is 10. The fourth-order valence-electron chi connectivity index (χ4n) is 4.50. The van der Waals surface area contributed by atoms with Gasteiger partial charge in [-0.2, -0.15) is 10.2 Å². The van der Waals surface area contributed by atoms with E-state index in [1.807, 2.05) is 38.2 Å². The molecule has 0 fully saturated rings. The van der Waals surface area contributed by atoms with E-state index in [2.05, 4.69) is 128 Å². The normalized spacial score (nSPS) is 11.8. The van der Waals surface area contributed by atoms with Crippen molar-refractivity contribution in [1.82, 2.24) is 21.5 Å². The minimum absolute atomic E-state index is 0.403. The Morgan fingerprint density at radius 3 is 1.57 bits per heavy atom. The lowest BCUT2D eigenvalue weighted by Gasteiger charge is -2.28. The molecule has 0 saturated carbocycles. The number of anilines is 1. The van der Waals surface area contributed by atoms with Gasteiger partial charge in [-0.3, -0.25) is 10.9 Å². The van der Waals surface area contributed by atoms with E-state index in [-0.39, 0.29) is 0 Å². The summed E-state index contributed by atoms with van der Waals surface area (Å²) in [6, 6.07) is 39.9. The van der Waals surface area contributed by atoms with Gasteiger partial charge in [-0.15, -0.1) is 0 Å². The Morgan fingerprint density at radius 2 is 1.12 bits per heavy atom. The summed E-state index contributed by atoms with van der Waals surface area (Å²) in [4.78, 5) is 0. The fraction of sp³-hybridized carbons (Fsp3) is 0.125. The van der Waals surface area contributed by atoms with E-state index >= 15 is 0 Å². The maximum atomic E-state index is 5.75. The van der Waals surface area contributed by atoms with Crippen LogP contribution in [0.3, 0.4) is 0 Å². The predicted octanol–water partition coefficient (Wildman–Crippen LogP) is 4.32. The summed E-state index contributed by atoms with van der Waals surface area (Å²) in [5, 5.41) is 23.2. The summed E-state index contributed by atoms with van der Waals surface area (Å²) in [5.41, 5.74) is 9.05. The van der Waals surface area contributed by atoms with Gasteiger partial charge in [0.2, 0.25) is 0 Å². The first kappa shape index (κ1) is 30.8. The molecule has 214 valence electrons. The van der Waals surface area contributed by atoms with Gasteiger partial charge in [0.15, 0.2) is 10.2 Å². The third-order valence-corrected chi connectivity index (χ3v) is 11.4. The zero-order chi connectivity index (χ0) is 29.8. The molecule has 4 aromatic carbocycles. The summed E-state index contributed by atoms with van der Waals surface area (Å²) >= 11 is 11.0. The largest absolute Gasteiger partial charge is 0.388 e. The van der Waals surface area contributed by atoms with Gasteiger partial charge in [0.05, 0.1) is 5.71 Å². The Labute approximate surface area is 259 Å². The van der Waals surface area contributed by atoms with Crippen LogP contribution in [0.2, 0.25) is 0 Å². The maximum absolute atomic E-state index is 5.75. The molecule has 0 bridgehead atoms. The van der Waals surface area contributed by atoms with Crippen LogP contribution in [-0.2, 0) is 0 Å². The minimum Gasteiger partial charge on any atom is -0.388 e. The lowest BCUT2D eigenvalue weighted by Crippen LogP contribution is -2.42. The average molecular weight is 613 g/mol. The summed E-state index contributed by atoms with van der Waals surface area (Å²) in [7, 11) is 1.52. The van der Waals surface area contributed by atoms with E-state index in [0.29, 0.717) is 27.9 Å². The van der Waals surface area contributed by atoms with Gasteiger partial charge in [-0.05, 0) is 79.9 Å². The number of hydrogen-bond acceptors (Lipinski definition) is 5. The molecule has 0 aliphatic rings. The SMILES string of the molecule is CNC(=S)NN=C(C(C)=NNC(=S)NC[P+](c1ccccc1)(c1ccccc1)c1ccccc1)c1ccc(NC)cc1. The van der Waals surface area contributed by atoms with Gasteiger partial charge < -0.3 is 16.0 Å². The van der Waals surface area contributed by atoms with E-state index in [1.165, 1.54) is 15.9 Å². The molecule has 10 heteroatoms. The standard InChI is InChI=1S/C32H34N7PS2/c1-24(30(37-38-31(41)34-3)25-19-21-26(33-2)22-20-25)36-39-32(42)35-23-40(27-13-7-4-8-14-27,28-15-9-5-10-16-28)29-17-11-6-12-18-29/h4-22H,23H2,1-3H3,(H4-,33,34,35,36,37,38,39,41,42)/p+1. The molecular weight excluding hydrogens is 578 g/mol. The predicted molar refractivity (Wildman–Crippen MR) is 189 cm³/mol. The lowest BCUT2D eigenvalue weighted by molar-refractivity contribution is 0.957. The summed E-state index contributed by atoms with van der Waals surface area (Å²) in [6.07, 6.45) is 0.621. The second-order valence-electron chi connectivity index (χ2n) is 9.27. The van der Waals surface area contributed by atoms with Crippen molar-refractivity contribution in [2.75, 3.05) is 25.7 Å². The van der Waals surface area contributed by atoms with Crippen LogP contribution in [0.5, 0.6) is 0 Å². The van der Waals surface area contributed by atoms with E-state index < -0.39 is 7.26 Å². The van der Waals surface area contributed by atoms with E-state index in [4.69, 9.17) is 24.4 Å². The average Bonchev–Trinajstić information content (AvgIpc) is 3.05. The first-order valence-corrected chi connectivity index (χ1v) is 16.2. The quantitative estimate of drug-likeness (QED) is 0.0790. The topological polar surface area (TPSA) is 84.9 Å². The molecule has 0 radical (unpaired) electrons. The molecule has 7 nitrogen and oxygen atoms in total. The molecule has 0 saturated heterocycles. The minimum atomic E-state index is -2.10. The summed E-state index contributed by atoms with van der Waals surface area (Å²) in [6.45, 7) is 1.87. The molecule has 0 heterocycles. The fourth-order valence-corrected chi connectivity index (χ4v) is 8.65. The van der Waals surface area contributed by atoms with Gasteiger partial charge in [0.25, 0.3) is 0 Å². The van der Waals surface area contributed by atoms with E-state index in [0.717, 1.165) is 11.3 Å². The molecular formula is C32H35N7PS2+. The number of thiocarbonyl (C=S) groups is 2. The lowest BCUT2D eigenvalue weighted by atomic mass is 10.1. The van der Waals surface area contributed by atoms with Crippen molar-refractivity contribution in [1.29, 1.82) is 0 Å². The molecule has 42 heavy (non-hydrogen) atoms. The van der Waals surface area contributed by atoms with Crippen LogP contribution in [0.1, 0.15) is 12.5 Å². The van der Waals surface area contributed by atoms with Gasteiger partial charge >= 0.3 is 0 Å². The Bertz CT molecular complexity index is 1430. The van der Waals surface area contributed by atoms with Gasteiger partial charge in [-0.1, -0.05) is 66.7 Å². The van der Waals surface area contributed by atoms with Crippen molar-refractivity contribution in [3.05, 3.63) is 121 Å². The molecule has 0 aromatic heterocycles. The number of hydrazone groups is 2. The van der Waals surface area contributed by atoms with Gasteiger partial charge in [-0.25, -0.2) is 0 Å². The molecule has 0 atom stereocenters. The summed E-state index contributed by atoms with van der Waals surface area (Å²) < 4.78 is 0. The number of hydrogen-bond donors (Lipinski definition) is 5. The van der Waals surface area contributed by atoms with Crippen LogP contribution in [0.25, 0.3) is 0 Å².